The molecule has 24 heavy (non-hydrogen) atoms. The largest absolute Gasteiger partial charge is 0.493 e. The zero-order valence-corrected chi connectivity index (χ0v) is 14.0. The highest BCUT2D eigenvalue weighted by Gasteiger charge is 2.40. The fraction of sp³-hybridized carbons (Fsp3) is 0.316. The Morgan fingerprint density at radius 1 is 1.08 bits per heavy atom. The summed E-state index contributed by atoms with van der Waals surface area (Å²) in [6.07, 6.45) is 1.45. The molecule has 2 aromatic rings. The highest BCUT2D eigenvalue weighted by molar-refractivity contribution is 5.79. The van der Waals surface area contributed by atoms with Crippen molar-refractivity contribution in [1.29, 1.82) is 0 Å². The molecule has 3 N–H and O–H groups in total. The Morgan fingerprint density at radius 2 is 1.71 bits per heavy atom. The van der Waals surface area contributed by atoms with Crippen LogP contribution >= 0.6 is 0 Å². The molecule has 0 aromatic heterocycles. The van der Waals surface area contributed by atoms with Crippen molar-refractivity contribution in [2.75, 3.05) is 20.8 Å². The van der Waals surface area contributed by atoms with Gasteiger partial charge in [0.25, 0.3) is 0 Å². The number of fused-ring (bicyclic) bond motifs is 1. The van der Waals surface area contributed by atoms with Crippen LogP contribution in [-0.2, 0) is 23.2 Å². The van der Waals surface area contributed by atoms with Crippen LogP contribution in [-0.4, -0.2) is 26.7 Å². The first-order valence-electron chi connectivity index (χ1n) is 7.92. The zero-order valence-electron chi connectivity index (χ0n) is 14.0. The molecule has 0 spiro atoms. The third kappa shape index (κ3) is 2.83. The van der Waals surface area contributed by atoms with Crippen molar-refractivity contribution in [2.45, 2.75) is 18.4 Å². The third-order valence-electron chi connectivity index (χ3n) is 4.60. The first-order valence-corrected chi connectivity index (χ1v) is 7.92. The molecule has 0 bridgehead atoms. The molecule has 3 rings (SSSR count). The van der Waals surface area contributed by atoms with Gasteiger partial charge >= 0.3 is 0 Å². The maximum absolute atomic E-state index is 12.1. The van der Waals surface area contributed by atoms with E-state index in [1.165, 1.54) is 11.1 Å². The number of methoxy groups -OCH3 is 2. The van der Waals surface area contributed by atoms with Gasteiger partial charge in [0.15, 0.2) is 11.5 Å². The van der Waals surface area contributed by atoms with Gasteiger partial charge in [0.05, 0.1) is 26.3 Å². The molecule has 0 saturated carbocycles. The number of hydrogen-bond acceptors (Lipinski definition) is 4. The summed E-state index contributed by atoms with van der Waals surface area (Å²) < 4.78 is 10.7. The number of nitrogens with two attached hydrogens (primary N) is 1. The Morgan fingerprint density at radius 3 is 2.25 bits per heavy atom. The third-order valence-corrected chi connectivity index (χ3v) is 4.60. The SMILES string of the molecule is COc1ccc(C2(NC(=O)CN)Cc3ccccc3C2)cc1OC. The van der Waals surface area contributed by atoms with Crippen LogP contribution in [0.25, 0.3) is 0 Å². The van der Waals surface area contributed by atoms with Crippen LogP contribution in [0.15, 0.2) is 42.5 Å². The van der Waals surface area contributed by atoms with Crippen molar-refractivity contribution in [3.8, 4) is 11.5 Å². The van der Waals surface area contributed by atoms with Gasteiger partial charge in [-0.15, -0.1) is 0 Å². The molecule has 1 aliphatic rings. The molecule has 126 valence electrons. The molecule has 1 aliphatic carbocycles. The van der Waals surface area contributed by atoms with Gasteiger partial charge in [-0.1, -0.05) is 30.3 Å². The number of carbonyl (C=O) groups excluding carboxylic acids is 1. The van der Waals surface area contributed by atoms with E-state index in [1.807, 2.05) is 30.3 Å². The average molecular weight is 326 g/mol. The van der Waals surface area contributed by atoms with E-state index in [0.717, 1.165) is 18.4 Å². The van der Waals surface area contributed by atoms with E-state index in [4.69, 9.17) is 15.2 Å². The zero-order chi connectivity index (χ0) is 17.2. The van der Waals surface area contributed by atoms with Crippen LogP contribution in [0.2, 0.25) is 0 Å². The van der Waals surface area contributed by atoms with Crippen LogP contribution < -0.4 is 20.5 Å². The number of ether oxygens (including phenoxy) is 2. The van der Waals surface area contributed by atoms with Crippen molar-refractivity contribution >= 4 is 5.91 Å². The molecule has 5 nitrogen and oxygen atoms in total. The summed E-state index contributed by atoms with van der Waals surface area (Å²) in [4.78, 5) is 12.1. The summed E-state index contributed by atoms with van der Waals surface area (Å²) in [6.45, 7) is -0.0363. The van der Waals surface area contributed by atoms with E-state index >= 15 is 0 Å². The van der Waals surface area contributed by atoms with Crippen molar-refractivity contribution in [2.24, 2.45) is 5.73 Å². The summed E-state index contributed by atoms with van der Waals surface area (Å²) >= 11 is 0. The minimum Gasteiger partial charge on any atom is -0.493 e. The molecule has 2 aromatic carbocycles. The van der Waals surface area contributed by atoms with E-state index in [9.17, 15) is 4.79 Å². The van der Waals surface area contributed by atoms with Crippen molar-refractivity contribution in [3.05, 3.63) is 59.2 Å². The number of benzene rings is 2. The van der Waals surface area contributed by atoms with Crippen LogP contribution in [0.3, 0.4) is 0 Å². The summed E-state index contributed by atoms with van der Waals surface area (Å²) in [7, 11) is 3.21. The molecule has 1 amide bonds. The number of amides is 1. The van der Waals surface area contributed by atoms with Gasteiger partial charge in [0.2, 0.25) is 5.91 Å². The van der Waals surface area contributed by atoms with Crippen LogP contribution in [0.5, 0.6) is 11.5 Å². The normalized spacial score (nSPS) is 14.8. The molecule has 0 unspecified atom stereocenters. The second-order valence-corrected chi connectivity index (χ2v) is 6.03. The van der Waals surface area contributed by atoms with Gasteiger partial charge in [-0.2, -0.15) is 0 Å². The summed E-state index contributed by atoms with van der Waals surface area (Å²) in [6, 6.07) is 14.0. The van der Waals surface area contributed by atoms with Crippen molar-refractivity contribution in [1.82, 2.24) is 5.32 Å². The Balaban J connectivity index is 2.05. The smallest absolute Gasteiger partial charge is 0.234 e. The first-order chi connectivity index (χ1) is 11.6. The lowest BCUT2D eigenvalue weighted by Gasteiger charge is -2.31. The molecule has 0 saturated heterocycles. The standard InChI is InChI=1S/C19H22N2O3/c1-23-16-8-7-15(9-17(16)24-2)19(21-18(22)12-20)10-13-5-3-4-6-14(13)11-19/h3-9H,10-12,20H2,1-2H3,(H,21,22). The van der Waals surface area contributed by atoms with Crippen molar-refractivity contribution < 1.29 is 14.3 Å². The second-order valence-electron chi connectivity index (χ2n) is 6.03. The van der Waals surface area contributed by atoms with Gasteiger partial charge < -0.3 is 20.5 Å². The Kier molecular flexibility index (Phi) is 4.44. The maximum atomic E-state index is 12.1. The summed E-state index contributed by atoms with van der Waals surface area (Å²) in [5, 5.41) is 3.13. The lowest BCUT2D eigenvalue weighted by molar-refractivity contribution is -0.121. The van der Waals surface area contributed by atoms with E-state index < -0.39 is 5.54 Å². The van der Waals surface area contributed by atoms with Gasteiger partial charge in [-0.3, -0.25) is 4.79 Å². The van der Waals surface area contributed by atoms with Crippen LogP contribution in [0, 0.1) is 0 Å². The lowest BCUT2D eigenvalue weighted by atomic mass is 9.86. The molecule has 0 atom stereocenters. The average Bonchev–Trinajstić information content (AvgIpc) is 3.00. The highest BCUT2D eigenvalue weighted by atomic mass is 16.5. The molecule has 0 aliphatic heterocycles. The number of nitrogens with one attached hydrogen (secondary N) is 1. The Labute approximate surface area is 141 Å². The lowest BCUT2D eigenvalue weighted by Crippen LogP contribution is -2.48. The first kappa shape index (κ1) is 16.3. The topological polar surface area (TPSA) is 73.6 Å². The number of carbonyl (C=O) groups is 1. The minimum atomic E-state index is -0.514. The molecule has 0 radical (unpaired) electrons. The quantitative estimate of drug-likeness (QED) is 0.878. The number of hydrogen-bond donors (Lipinski definition) is 2. The highest BCUT2D eigenvalue weighted by Crippen LogP contribution is 2.40. The summed E-state index contributed by atoms with van der Waals surface area (Å²) in [5.74, 6) is 1.14. The van der Waals surface area contributed by atoms with E-state index in [2.05, 4.69) is 17.4 Å². The minimum absolute atomic E-state index is 0.0363. The van der Waals surface area contributed by atoms with E-state index in [-0.39, 0.29) is 12.5 Å². The van der Waals surface area contributed by atoms with Gasteiger partial charge in [0.1, 0.15) is 0 Å². The maximum Gasteiger partial charge on any atom is 0.234 e. The monoisotopic (exact) mass is 326 g/mol. The molecule has 5 heteroatoms. The fourth-order valence-corrected chi connectivity index (χ4v) is 3.43. The van der Waals surface area contributed by atoms with E-state index in [0.29, 0.717) is 11.5 Å². The molecular formula is C19H22N2O3. The fourth-order valence-electron chi connectivity index (χ4n) is 3.43. The van der Waals surface area contributed by atoms with Gasteiger partial charge in [-0.25, -0.2) is 0 Å². The Hall–Kier alpha value is -2.53. The van der Waals surface area contributed by atoms with E-state index in [1.54, 1.807) is 14.2 Å². The molecular weight excluding hydrogens is 304 g/mol. The van der Waals surface area contributed by atoms with Gasteiger partial charge in [0, 0.05) is 12.8 Å². The number of rotatable bonds is 5. The predicted octanol–water partition coefficient (Wildman–Crippen LogP) is 1.77. The summed E-state index contributed by atoms with van der Waals surface area (Å²) in [5.41, 5.74) is 8.49. The van der Waals surface area contributed by atoms with Gasteiger partial charge in [-0.05, 0) is 28.8 Å². The Bertz CT molecular complexity index is 733. The second kappa shape index (κ2) is 6.53. The molecule has 0 fully saturated rings. The predicted molar refractivity (Wildman–Crippen MR) is 92.3 cm³/mol. The molecule has 0 heterocycles. The van der Waals surface area contributed by atoms with Crippen LogP contribution in [0.1, 0.15) is 16.7 Å². The van der Waals surface area contributed by atoms with Crippen molar-refractivity contribution in [3.63, 3.8) is 0 Å². The van der Waals surface area contributed by atoms with Crippen LogP contribution in [0.4, 0.5) is 0 Å².